The van der Waals surface area contributed by atoms with Gasteiger partial charge < -0.3 is 24.3 Å². The first-order chi connectivity index (χ1) is 15.2. The number of nitrogens with two attached hydrogens (primary N) is 2. The molecule has 9 heteroatoms. The molecule has 3 atom stereocenters. The molecule has 9 nitrogen and oxygen atoms in total. The van der Waals surface area contributed by atoms with Gasteiger partial charge in [0.15, 0.2) is 12.1 Å². The van der Waals surface area contributed by atoms with Crippen molar-refractivity contribution in [2.45, 2.75) is 37.5 Å². The molecule has 1 spiro atoms. The summed E-state index contributed by atoms with van der Waals surface area (Å²) in [5, 5.41) is 2.90. The van der Waals surface area contributed by atoms with Crippen molar-refractivity contribution in [2.24, 2.45) is 21.9 Å². The van der Waals surface area contributed by atoms with E-state index in [1.165, 1.54) is 6.21 Å². The molecule has 0 bridgehead atoms. The highest BCUT2D eigenvalue weighted by Gasteiger charge is 2.94. The Morgan fingerprint density at radius 3 is 2.75 bits per heavy atom. The lowest BCUT2D eigenvalue weighted by Gasteiger charge is -2.45. The molecule has 0 radical (unpaired) electrons. The third-order valence-electron chi connectivity index (χ3n) is 6.68. The number of methoxy groups -OCH3 is 1. The number of benzene rings is 1. The van der Waals surface area contributed by atoms with E-state index in [1.54, 1.807) is 37.5 Å². The number of aliphatic imine (C=N–C) groups is 1. The van der Waals surface area contributed by atoms with E-state index in [4.69, 9.17) is 30.4 Å². The van der Waals surface area contributed by atoms with E-state index >= 15 is 0 Å². The van der Waals surface area contributed by atoms with Crippen molar-refractivity contribution in [3.8, 4) is 5.75 Å². The summed E-state index contributed by atoms with van der Waals surface area (Å²) in [4.78, 5) is 17.1. The molecule has 3 aliphatic heterocycles. The van der Waals surface area contributed by atoms with E-state index in [9.17, 15) is 4.79 Å². The summed E-state index contributed by atoms with van der Waals surface area (Å²) in [7, 11) is 1.54. The summed E-state index contributed by atoms with van der Waals surface area (Å²) in [6, 6.07) is 5.52. The average molecular weight is 438 g/mol. The maximum absolute atomic E-state index is 12.8. The molecule has 1 aromatic carbocycles. The number of allylic oxidation sites excluding steroid dienone is 5. The number of hydrogen-bond donors (Lipinski definition) is 3. The fourth-order valence-corrected chi connectivity index (χ4v) is 5.11. The molecule has 1 saturated carbocycles. The number of anilines is 1. The van der Waals surface area contributed by atoms with E-state index in [0.717, 1.165) is 11.3 Å². The highest BCUT2D eigenvalue weighted by molar-refractivity contribution is 6.05. The smallest absolute Gasteiger partial charge is 0.274 e. The summed E-state index contributed by atoms with van der Waals surface area (Å²) in [6.45, 7) is 4.52. The lowest BCUT2D eigenvalue weighted by atomic mass is 9.79. The van der Waals surface area contributed by atoms with Gasteiger partial charge in [0.25, 0.3) is 5.91 Å². The number of amides is 1. The van der Waals surface area contributed by atoms with Gasteiger partial charge in [0, 0.05) is 11.3 Å². The van der Waals surface area contributed by atoms with Crippen molar-refractivity contribution in [2.75, 3.05) is 19.0 Å². The van der Waals surface area contributed by atoms with Crippen LogP contribution < -0.4 is 21.5 Å². The molecule has 3 unspecified atom stereocenters. The van der Waals surface area contributed by atoms with Gasteiger partial charge in [0.05, 0.1) is 31.3 Å². The highest BCUT2D eigenvalue weighted by Crippen LogP contribution is 2.83. The standard InChI is InChI=1S/C23H26N4O5/c1-21(2)22-12-30-23(22,32-20(24)25)18(22)15-10-13(8-9-17(15)31-21)27-19(28)16-7-5-4-6-14(29-3)11-26-16/h4-11,18,20H,12,24-25H2,1-3H3,(H,27,28)/b5-4+,6-4?,7-5?,14-6-,14-11?,16-7-,26-11-,26-16?. The van der Waals surface area contributed by atoms with Crippen molar-refractivity contribution in [1.29, 1.82) is 0 Å². The van der Waals surface area contributed by atoms with Crippen LogP contribution in [0.5, 0.6) is 5.75 Å². The number of ether oxygens (including phenoxy) is 4. The first kappa shape index (κ1) is 20.9. The van der Waals surface area contributed by atoms with Crippen LogP contribution in [-0.4, -0.2) is 43.6 Å². The molecule has 1 saturated heterocycles. The van der Waals surface area contributed by atoms with Gasteiger partial charge in [-0.25, -0.2) is 4.99 Å². The zero-order valence-electron chi connectivity index (χ0n) is 18.1. The van der Waals surface area contributed by atoms with Crippen LogP contribution in [0.1, 0.15) is 25.3 Å². The summed E-state index contributed by atoms with van der Waals surface area (Å²) in [6.07, 6.45) is 7.42. The van der Waals surface area contributed by atoms with Gasteiger partial charge in [-0.15, -0.1) is 0 Å². The lowest BCUT2D eigenvalue weighted by Crippen LogP contribution is -2.58. The molecule has 2 fully saturated rings. The first-order valence-corrected chi connectivity index (χ1v) is 10.4. The molecule has 4 aliphatic rings. The van der Waals surface area contributed by atoms with Crippen LogP contribution in [0.25, 0.3) is 0 Å². The Morgan fingerprint density at radius 2 is 2.06 bits per heavy atom. The molecule has 1 aliphatic carbocycles. The summed E-state index contributed by atoms with van der Waals surface area (Å²) in [5.41, 5.74) is 12.3. The number of hydrogen-bond acceptors (Lipinski definition) is 8. The molecular weight excluding hydrogens is 412 g/mol. The third kappa shape index (κ3) is 2.79. The average Bonchev–Trinajstić information content (AvgIpc) is 3.12. The van der Waals surface area contributed by atoms with Crippen molar-refractivity contribution >= 4 is 17.8 Å². The summed E-state index contributed by atoms with van der Waals surface area (Å²) in [5.74, 6) is -0.100. The Morgan fingerprint density at radius 1 is 1.28 bits per heavy atom. The SMILES string of the molecule is COC1=C\C=C\C=C(C(=O)Nc2ccc3c(c2)C2C4(OC(N)N)OCC24C(C)(C)O3)/N=C\1. The van der Waals surface area contributed by atoms with Gasteiger partial charge in [0.1, 0.15) is 22.8 Å². The number of carbonyl (C=O) groups excluding carboxylic acids is 1. The fourth-order valence-electron chi connectivity index (χ4n) is 5.11. The van der Waals surface area contributed by atoms with E-state index in [0.29, 0.717) is 18.1 Å². The van der Waals surface area contributed by atoms with Crippen molar-refractivity contribution in [1.82, 2.24) is 0 Å². The van der Waals surface area contributed by atoms with E-state index < -0.39 is 17.7 Å². The third-order valence-corrected chi connectivity index (χ3v) is 6.68. The lowest BCUT2D eigenvalue weighted by molar-refractivity contribution is -0.307. The molecule has 168 valence electrons. The summed E-state index contributed by atoms with van der Waals surface area (Å²) >= 11 is 0. The van der Waals surface area contributed by atoms with Gasteiger partial charge in [-0.3, -0.25) is 16.3 Å². The molecule has 3 heterocycles. The van der Waals surface area contributed by atoms with Crippen LogP contribution in [0.2, 0.25) is 0 Å². The number of rotatable bonds is 5. The van der Waals surface area contributed by atoms with Gasteiger partial charge in [-0.1, -0.05) is 12.2 Å². The van der Waals surface area contributed by atoms with Crippen LogP contribution in [0.4, 0.5) is 5.69 Å². The number of carbonyl (C=O) groups is 1. The number of nitrogens with one attached hydrogen (secondary N) is 1. The zero-order valence-corrected chi connectivity index (χ0v) is 18.1. The number of fused-ring (bicyclic) bond motifs is 3. The van der Waals surface area contributed by atoms with E-state index in [-0.39, 0.29) is 22.9 Å². The molecule has 5 rings (SSSR count). The van der Waals surface area contributed by atoms with Crippen molar-refractivity contribution in [3.05, 3.63) is 59.5 Å². The maximum atomic E-state index is 12.8. The minimum absolute atomic E-state index is 0.101. The minimum Gasteiger partial charge on any atom is -0.495 e. The van der Waals surface area contributed by atoms with E-state index in [2.05, 4.69) is 10.3 Å². The van der Waals surface area contributed by atoms with Gasteiger partial charge in [0.2, 0.25) is 0 Å². The van der Waals surface area contributed by atoms with Crippen LogP contribution in [0, 0.1) is 5.41 Å². The predicted octanol–water partition coefficient (Wildman–Crippen LogP) is 1.88. The quantitative estimate of drug-likeness (QED) is 0.598. The van der Waals surface area contributed by atoms with Crippen LogP contribution in [-0.2, 0) is 19.0 Å². The Kier molecular flexibility index (Phi) is 4.58. The Balaban J connectivity index is 1.42. The van der Waals surface area contributed by atoms with Gasteiger partial charge in [-0.05, 0) is 44.2 Å². The summed E-state index contributed by atoms with van der Waals surface area (Å²) < 4.78 is 23.2. The molecule has 5 N–H and O–H groups in total. The Bertz CT molecular complexity index is 1110. The minimum atomic E-state index is -0.969. The predicted molar refractivity (Wildman–Crippen MR) is 118 cm³/mol. The second kappa shape index (κ2) is 7.01. The van der Waals surface area contributed by atoms with Crippen molar-refractivity contribution < 1.29 is 23.7 Å². The second-order valence-corrected chi connectivity index (χ2v) is 8.73. The monoisotopic (exact) mass is 438 g/mol. The second-order valence-electron chi connectivity index (χ2n) is 8.73. The van der Waals surface area contributed by atoms with Crippen molar-refractivity contribution in [3.63, 3.8) is 0 Å². The molecule has 1 aromatic rings. The Hall–Kier alpha value is -2.98. The van der Waals surface area contributed by atoms with Crippen LogP contribution >= 0.6 is 0 Å². The van der Waals surface area contributed by atoms with Gasteiger partial charge in [-0.2, -0.15) is 0 Å². The Labute approximate surface area is 185 Å². The van der Waals surface area contributed by atoms with Gasteiger partial charge >= 0.3 is 0 Å². The zero-order chi connectivity index (χ0) is 22.7. The molecule has 1 amide bonds. The molecule has 0 aromatic heterocycles. The molecular formula is C23H26N4O5. The number of nitrogens with zero attached hydrogens (tertiary/aromatic N) is 1. The normalized spacial score (nSPS) is 36.1. The molecule has 32 heavy (non-hydrogen) atoms. The largest absolute Gasteiger partial charge is 0.495 e. The highest BCUT2D eigenvalue weighted by atomic mass is 16.8. The maximum Gasteiger partial charge on any atom is 0.274 e. The van der Waals surface area contributed by atoms with Crippen LogP contribution in [0.3, 0.4) is 0 Å². The van der Waals surface area contributed by atoms with Crippen LogP contribution in [0.15, 0.2) is 59.0 Å². The topological polar surface area (TPSA) is 130 Å². The fraction of sp³-hybridized carbons (Fsp3) is 0.391. The van der Waals surface area contributed by atoms with E-state index in [1.807, 2.05) is 26.0 Å². The first-order valence-electron chi connectivity index (χ1n) is 10.4.